The second kappa shape index (κ2) is 12.5. The van der Waals surface area contributed by atoms with Crippen LogP contribution in [-0.2, 0) is 21.3 Å². The predicted octanol–water partition coefficient (Wildman–Crippen LogP) is 4.92. The first-order chi connectivity index (χ1) is 20.2. The van der Waals surface area contributed by atoms with Gasteiger partial charge in [-0.3, -0.25) is 9.69 Å². The molecule has 0 N–H and O–H groups in total. The first kappa shape index (κ1) is 29.5. The molecule has 0 bridgehead atoms. The molecule has 42 heavy (non-hydrogen) atoms. The standard InChI is InChI=1S/C30H32N4O6S2/c1-4-40-30(36)32-16-18-33(19-17-32)42(37,38)24-13-11-23(12-14-24)28(35)34(20-22-8-6-5-7-9-22)29-31-26-25(39-3)15-10-21(2)27(26)41-29/h5-15H,4,16-20H2,1-3H3. The van der Waals surface area contributed by atoms with Crippen LogP contribution in [0.3, 0.4) is 0 Å². The molecule has 12 heteroatoms. The van der Waals surface area contributed by atoms with E-state index in [-0.39, 0.29) is 50.1 Å². The van der Waals surface area contributed by atoms with E-state index < -0.39 is 16.1 Å². The zero-order valence-corrected chi connectivity index (χ0v) is 25.3. The van der Waals surface area contributed by atoms with Gasteiger partial charge in [-0.1, -0.05) is 47.7 Å². The van der Waals surface area contributed by atoms with Crippen molar-refractivity contribution in [2.24, 2.45) is 0 Å². The molecule has 220 valence electrons. The van der Waals surface area contributed by atoms with Crippen molar-refractivity contribution in [1.82, 2.24) is 14.2 Å². The number of ether oxygens (including phenoxy) is 2. The van der Waals surface area contributed by atoms with Crippen LogP contribution in [0.1, 0.15) is 28.4 Å². The molecule has 3 aromatic carbocycles. The molecule has 1 aliphatic heterocycles. The first-order valence-corrected chi connectivity index (χ1v) is 15.8. The molecule has 1 aromatic heterocycles. The van der Waals surface area contributed by atoms with E-state index >= 15 is 0 Å². The molecule has 0 saturated carbocycles. The molecule has 2 amide bonds. The van der Waals surface area contributed by atoms with Gasteiger partial charge in [0.15, 0.2) is 5.13 Å². The Morgan fingerprint density at radius 2 is 1.67 bits per heavy atom. The smallest absolute Gasteiger partial charge is 0.409 e. The van der Waals surface area contributed by atoms with E-state index in [2.05, 4.69) is 0 Å². The topological polar surface area (TPSA) is 109 Å². The van der Waals surface area contributed by atoms with Gasteiger partial charge in [-0.05, 0) is 55.3 Å². The number of aromatic nitrogens is 1. The van der Waals surface area contributed by atoms with Crippen molar-refractivity contribution in [2.75, 3.05) is 44.8 Å². The van der Waals surface area contributed by atoms with Crippen LogP contribution in [0.5, 0.6) is 5.75 Å². The van der Waals surface area contributed by atoms with Gasteiger partial charge >= 0.3 is 6.09 Å². The third-order valence-electron chi connectivity index (χ3n) is 7.08. The van der Waals surface area contributed by atoms with Crippen molar-refractivity contribution in [1.29, 1.82) is 0 Å². The maximum Gasteiger partial charge on any atom is 0.409 e. The minimum Gasteiger partial charge on any atom is -0.494 e. The van der Waals surface area contributed by atoms with Crippen LogP contribution in [0.15, 0.2) is 71.6 Å². The lowest BCUT2D eigenvalue weighted by Gasteiger charge is -2.33. The number of methoxy groups -OCH3 is 1. The maximum absolute atomic E-state index is 13.9. The van der Waals surface area contributed by atoms with Crippen LogP contribution >= 0.6 is 11.3 Å². The fraction of sp³-hybridized carbons (Fsp3) is 0.300. The molecule has 1 fully saturated rings. The second-order valence-corrected chi connectivity index (χ2v) is 12.7. The van der Waals surface area contributed by atoms with Crippen LogP contribution in [0.2, 0.25) is 0 Å². The highest BCUT2D eigenvalue weighted by molar-refractivity contribution is 7.89. The number of sulfonamides is 1. The van der Waals surface area contributed by atoms with E-state index in [1.807, 2.05) is 49.4 Å². The van der Waals surface area contributed by atoms with Crippen LogP contribution in [0.4, 0.5) is 9.93 Å². The monoisotopic (exact) mass is 608 g/mol. The van der Waals surface area contributed by atoms with E-state index in [9.17, 15) is 18.0 Å². The van der Waals surface area contributed by atoms with Gasteiger partial charge in [-0.25, -0.2) is 18.2 Å². The summed E-state index contributed by atoms with van der Waals surface area (Å²) in [5.74, 6) is 0.324. The summed E-state index contributed by atoms with van der Waals surface area (Å²) in [6, 6.07) is 19.4. The number of carbonyl (C=O) groups excluding carboxylic acids is 2. The molecule has 5 rings (SSSR count). The fourth-order valence-corrected chi connectivity index (χ4v) is 7.24. The summed E-state index contributed by atoms with van der Waals surface area (Å²) < 4.78 is 39.5. The number of hydrogen-bond acceptors (Lipinski definition) is 8. The SMILES string of the molecule is CCOC(=O)N1CCN(S(=O)(=O)c2ccc(C(=O)N(Cc3ccccc3)c3nc4c(OC)ccc(C)c4s3)cc2)CC1. The molecule has 10 nitrogen and oxygen atoms in total. The number of benzene rings is 3. The fourth-order valence-electron chi connectivity index (χ4n) is 4.77. The molecule has 1 aliphatic rings. The van der Waals surface area contributed by atoms with Gasteiger partial charge in [0.2, 0.25) is 10.0 Å². The number of fused-ring (bicyclic) bond motifs is 1. The third kappa shape index (κ3) is 5.96. The minimum atomic E-state index is -3.81. The Labute approximate surface area is 249 Å². The largest absolute Gasteiger partial charge is 0.494 e. The van der Waals surface area contributed by atoms with Gasteiger partial charge in [-0.15, -0.1) is 0 Å². The van der Waals surface area contributed by atoms with E-state index in [0.717, 1.165) is 15.8 Å². The van der Waals surface area contributed by atoms with E-state index in [1.165, 1.54) is 44.8 Å². The Kier molecular flexibility index (Phi) is 8.76. The number of rotatable bonds is 8. The van der Waals surface area contributed by atoms with Crippen molar-refractivity contribution in [2.45, 2.75) is 25.3 Å². The quantitative estimate of drug-likeness (QED) is 0.279. The molecule has 0 radical (unpaired) electrons. The van der Waals surface area contributed by atoms with E-state index in [4.69, 9.17) is 14.5 Å². The van der Waals surface area contributed by atoms with Crippen molar-refractivity contribution in [3.05, 3.63) is 83.4 Å². The van der Waals surface area contributed by atoms with Gasteiger partial charge in [0, 0.05) is 31.7 Å². The molecule has 2 heterocycles. The molecule has 4 aromatic rings. The molecule has 0 unspecified atom stereocenters. The maximum atomic E-state index is 13.9. The van der Waals surface area contributed by atoms with Crippen LogP contribution in [0, 0.1) is 6.92 Å². The number of amides is 2. The van der Waals surface area contributed by atoms with E-state index in [1.54, 1.807) is 18.9 Å². The molecule has 0 atom stereocenters. The number of aryl methyl sites for hydroxylation is 1. The van der Waals surface area contributed by atoms with Gasteiger partial charge in [0.1, 0.15) is 11.3 Å². The Balaban J connectivity index is 1.40. The van der Waals surface area contributed by atoms with Crippen LogP contribution < -0.4 is 9.64 Å². The van der Waals surface area contributed by atoms with Crippen molar-refractivity contribution < 1.29 is 27.5 Å². The molecule has 0 aliphatic carbocycles. The Bertz CT molecular complexity index is 1680. The summed E-state index contributed by atoms with van der Waals surface area (Å²) in [6.45, 7) is 5.07. The molecular formula is C30H32N4O6S2. The normalized spacial score (nSPS) is 14.1. The Morgan fingerprint density at radius 1 is 0.976 bits per heavy atom. The summed E-state index contributed by atoms with van der Waals surface area (Å²) >= 11 is 1.41. The van der Waals surface area contributed by atoms with Crippen LogP contribution in [0.25, 0.3) is 10.2 Å². The predicted molar refractivity (Wildman–Crippen MR) is 162 cm³/mol. The highest BCUT2D eigenvalue weighted by atomic mass is 32.2. The van der Waals surface area contributed by atoms with Gasteiger partial charge in [-0.2, -0.15) is 4.31 Å². The summed E-state index contributed by atoms with van der Waals surface area (Å²) in [4.78, 5) is 33.9. The number of anilines is 1. The zero-order valence-electron chi connectivity index (χ0n) is 23.6. The average molecular weight is 609 g/mol. The first-order valence-electron chi connectivity index (χ1n) is 13.5. The number of piperazine rings is 1. The summed E-state index contributed by atoms with van der Waals surface area (Å²) in [5, 5.41) is 0.516. The average Bonchev–Trinajstić information content (AvgIpc) is 3.47. The number of thiazole rings is 1. The van der Waals surface area contributed by atoms with Gasteiger partial charge in [0.05, 0.1) is 29.9 Å². The van der Waals surface area contributed by atoms with Crippen molar-refractivity contribution in [3.8, 4) is 5.75 Å². The van der Waals surface area contributed by atoms with Crippen molar-refractivity contribution in [3.63, 3.8) is 0 Å². The number of carbonyl (C=O) groups is 2. The lowest BCUT2D eigenvalue weighted by Crippen LogP contribution is -2.50. The second-order valence-electron chi connectivity index (χ2n) is 9.75. The molecule has 1 saturated heterocycles. The number of nitrogens with zero attached hydrogens (tertiary/aromatic N) is 4. The highest BCUT2D eigenvalue weighted by Crippen LogP contribution is 2.37. The van der Waals surface area contributed by atoms with Gasteiger partial charge < -0.3 is 14.4 Å². The molecular weight excluding hydrogens is 576 g/mol. The van der Waals surface area contributed by atoms with Crippen molar-refractivity contribution >= 4 is 48.7 Å². The van der Waals surface area contributed by atoms with E-state index in [0.29, 0.717) is 22.0 Å². The molecule has 0 spiro atoms. The Morgan fingerprint density at radius 3 is 2.31 bits per heavy atom. The number of hydrogen-bond donors (Lipinski definition) is 0. The lowest BCUT2D eigenvalue weighted by atomic mass is 10.1. The van der Waals surface area contributed by atoms with Gasteiger partial charge in [0.25, 0.3) is 5.91 Å². The Hall–Kier alpha value is -4.00. The summed E-state index contributed by atoms with van der Waals surface area (Å²) in [7, 11) is -2.22. The minimum absolute atomic E-state index is 0.0820. The van der Waals surface area contributed by atoms with Crippen LogP contribution in [-0.4, -0.2) is 74.5 Å². The highest BCUT2D eigenvalue weighted by Gasteiger charge is 2.31. The lowest BCUT2D eigenvalue weighted by molar-refractivity contribution is 0.0933. The summed E-state index contributed by atoms with van der Waals surface area (Å²) in [5.41, 5.74) is 2.97. The summed E-state index contributed by atoms with van der Waals surface area (Å²) in [6.07, 6.45) is -0.445. The third-order valence-corrected chi connectivity index (χ3v) is 10.2. The zero-order chi connectivity index (χ0) is 29.9.